The molecule has 0 bridgehead atoms. The minimum atomic E-state index is 0. The van der Waals surface area contributed by atoms with Gasteiger partial charge in [-0.1, -0.05) is 24.3 Å². The zero-order chi connectivity index (χ0) is 9.26. The van der Waals surface area contributed by atoms with E-state index in [0.29, 0.717) is 0 Å². The molecule has 0 radical (unpaired) electrons. The quantitative estimate of drug-likeness (QED) is 0.717. The molecule has 1 aliphatic carbocycles. The van der Waals surface area contributed by atoms with E-state index in [0.717, 1.165) is 23.5 Å². The van der Waals surface area contributed by atoms with Crippen LogP contribution in [0.25, 0.3) is 5.76 Å². The molecule has 0 spiro atoms. The molecule has 72 valence electrons. The molecule has 14 heavy (non-hydrogen) atoms. The minimum Gasteiger partial charge on any atom is -0.497 e. The first-order valence-corrected chi connectivity index (χ1v) is 4.26. The summed E-state index contributed by atoms with van der Waals surface area (Å²) >= 11 is 0. The Morgan fingerprint density at radius 3 is 2.43 bits per heavy atom. The summed E-state index contributed by atoms with van der Waals surface area (Å²) in [6.07, 6.45) is 0.843. The summed E-state index contributed by atoms with van der Waals surface area (Å²) in [5.74, 6) is 1.79. The van der Waals surface area contributed by atoms with Gasteiger partial charge in [-0.05, 0) is 5.56 Å². The van der Waals surface area contributed by atoms with E-state index in [1.54, 1.807) is 14.2 Å². The average molecular weight is 224 g/mol. The van der Waals surface area contributed by atoms with Gasteiger partial charge in [0, 0.05) is 33.7 Å². The number of benzene rings is 1. The van der Waals surface area contributed by atoms with Gasteiger partial charge in [-0.15, -0.1) is 0 Å². The Bertz CT molecular complexity index is 358. The predicted octanol–water partition coefficient (Wildman–Crippen LogP) is 2.20. The first-order chi connectivity index (χ1) is 6.36. The Hall–Kier alpha value is -0.726. The van der Waals surface area contributed by atoms with Crippen LogP contribution in [0.1, 0.15) is 11.1 Å². The van der Waals surface area contributed by atoms with E-state index < -0.39 is 0 Å². The summed E-state index contributed by atoms with van der Waals surface area (Å²) in [6, 6.07) is 8.20. The van der Waals surface area contributed by atoms with Gasteiger partial charge in [0.2, 0.25) is 0 Å². The minimum absolute atomic E-state index is 0. The van der Waals surface area contributed by atoms with E-state index in [9.17, 15) is 0 Å². The van der Waals surface area contributed by atoms with Crippen molar-refractivity contribution in [2.24, 2.45) is 0 Å². The molecular formula is C11H12O2Ti. The van der Waals surface area contributed by atoms with E-state index in [-0.39, 0.29) is 21.7 Å². The Morgan fingerprint density at radius 2 is 1.79 bits per heavy atom. The molecule has 2 rings (SSSR count). The van der Waals surface area contributed by atoms with Crippen molar-refractivity contribution >= 4 is 5.76 Å². The monoisotopic (exact) mass is 224 g/mol. The molecule has 1 aliphatic rings. The van der Waals surface area contributed by atoms with Crippen LogP contribution in [0, 0.1) is 0 Å². The zero-order valence-corrected chi connectivity index (χ0v) is 9.89. The number of rotatable bonds is 2. The van der Waals surface area contributed by atoms with Crippen LogP contribution in [0.4, 0.5) is 0 Å². The van der Waals surface area contributed by atoms with Crippen molar-refractivity contribution in [1.29, 1.82) is 0 Å². The molecule has 0 unspecified atom stereocenters. The molecule has 0 aliphatic heterocycles. The molecule has 0 saturated heterocycles. The van der Waals surface area contributed by atoms with Crippen LogP contribution in [-0.2, 0) is 37.6 Å². The number of hydrogen-bond acceptors (Lipinski definition) is 2. The maximum absolute atomic E-state index is 5.30. The second kappa shape index (κ2) is 4.67. The topological polar surface area (TPSA) is 18.5 Å². The van der Waals surface area contributed by atoms with E-state index in [4.69, 9.17) is 9.47 Å². The van der Waals surface area contributed by atoms with E-state index in [1.807, 2.05) is 12.1 Å². The zero-order valence-electron chi connectivity index (χ0n) is 8.33. The van der Waals surface area contributed by atoms with E-state index in [2.05, 4.69) is 12.1 Å². The second-order valence-electron chi connectivity index (χ2n) is 2.99. The van der Waals surface area contributed by atoms with Gasteiger partial charge in [-0.3, -0.25) is 0 Å². The number of ether oxygens (including phenoxy) is 2. The normalized spacial score (nSPS) is 13.3. The predicted molar refractivity (Wildman–Crippen MR) is 51.1 cm³/mol. The van der Waals surface area contributed by atoms with Gasteiger partial charge in [0.15, 0.2) is 5.76 Å². The summed E-state index contributed by atoms with van der Waals surface area (Å²) in [5.41, 5.74) is 2.43. The summed E-state index contributed by atoms with van der Waals surface area (Å²) in [5, 5.41) is 0. The van der Waals surface area contributed by atoms with Gasteiger partial charge in [-0.25, -0.2) is 0 Å². The number of allylic oxidation sites excluding steroid dienone is 1. The fourth-order valence-corrected chi connectivity index (χ4v) is 1.69. The van der Waals surface area contributed by atoms with E-state index in [1.165, 1.54) is 5.56 Å². The largest absolute Gasteiger partial charge is 0.497 e. The molecule has 2 nitrogen and oxygen atoms in total. The van der Waals surface area contributed by atoms with Crippen LogP contribution in [0.2, 0.25) is 0 Å². The number of hydrogen-bond donors (Lipinski definition) is 0. The van der Waals surface area contributed by atoms with Crippen molar-refractivity contribution in [2.75, 3.05) is 14.2 Å². The Labute approximate surface area is 98.8 Å². The molecule has 0 atom stereocenters. The van der Waals surface area contributed by atoms with Crippen LogP contribution in [0.15, 0.2) is 30.0 Å². The van der Waals surface area contributed by atoms with Crippen LogP contribution in [0.3, 0.4) is 0 Å². The smallest absolute Gasteiger partial charge is 0.164 e. The molecule has 0 heterocycles. The van der Waals surface area contributed by atoms with E-state index >= 15 is 0 Å². The standard InChI is InChI=1S/C11H12O2.Ti/c1-12-10-7-8-5-3-4-6-9(8)11(10)13-2;/h3-6H,7H2,1-2H3;. The van der Waals surface area contributed by atoms with Crippen molar-refractivity contribution < 1.29 is 31.2 Å². The van der Waals surface area contributed by atoms with Crippen LogP contribution in [-0.4, -0.2) is 14.2 Å². The second-order valence-corrected chi connectivity index (χ2v) is 2.99. The number of fused-ring (bicyclic) bond motifs is 1. The van der Waals surface area contributed by atoms with Crippen molar-refractivity contribution in [3.05, 3.63) is 41.2 Å². The van der Waals surface area contributed by atoms with Gasteiger partial charge >= 0.3 is 0 Å². The van der Waals surface area contributed by atoms with Crippen molar-refractivity contribution in [1.82, 2.24) is 0 Å². The molecule has 0 N–H and O–H groups in total. The Kier molecular flexibility index (Phi) is 3.79. The molecule has 0 amide bonds. The third-order valence-corrected chi connectivity index (χ3v) is 2.32. The fraction of sp³-hybridized carbons (Fsp3) is 0.273. The third kappa shape index (κ3) is 1.72. The third-order valence-electron chi connectivity index (χ3n) is 2.32. The fourth-order valence-electron chi connectivity index (χ4n) is 1.69. The van der Waals surface area contributed by atoms with Gasteiger partial charge in [-0.2, -0.15) is 0 Å². The van der Waals surface area contributed by atoms with Gasteiger partial charge in [0.05, 0.1) is 14.2 Å². The Balaban J connectivity index is 0.000000980. The van der Waals surface area contributed by atoms with Crippen molar-refractivity contribution in [2.45, 2.75) is 6.42 Å². The first-order valence-electron chi connectivity index (χ1n) is 4.26. The molecular weight excluding hydrogens is 212 g/mol. The van der Waals surface area contributed by atoms with Gasteiger partial charge < -0.3 is 9.47 Å². The molecule has 0 saturated carbocycles. The molecule has 1 aromatic carbocycles. The molecule has 1 aromatic rings. The van der Waals surface area contributed by atoms with Crippen molar-refractivity contribution in [3.63, 3.8) is 0 Å². The van der Waals surface area contributed by atoms with Gasteiger partial charge in [0.25, 0.3) is 0 Å². The molecule has 3 heteroatoms. The summed E-state index contributed by atoms with van der Waals surface area (Å²) < 4.78 is 10.5. The Morgan fingerprint density at radius 1 is 1.07 bits per heavy atom. The van der Waals surface area contributed by atoms with Crippen molar-refractivity contribution in [3.8, 4) is 0 Å². The van der Waals surface area contributed by atoms with Crippen LogP contribution >= 0.6 is 0 Å². The number of methoxy groups -OCH3 is 2. The molecule has 0 fully saturated rings. The van der Waals surface area contributed by atoms with Crippen LogP contribution in [0.5, 0.6) is 0 Å². The maximum Gasteiger partial charge on any atom is 0.164 e. The summed E-state index contributed by atoms with van der Waals surface area (Å²) in [6.45, 7) is 0. The van der Waals surface area contributed by atoms with Gasteiger partial charge in [0.1, 0.15) is 5.76 Å². The summed E-state index contributed by atoms with van der Waals surface area (Å²) in [7, 11) is 3.36. The van der Waals surface area contributed by atoms with Crippen LogP contribution < -0.4 is 0 Å². The molecule has 0 aromatic heterocycles. The summed E-state index contributed by atoms with van der Waals surface area (Å²) in [4.78, 5) is 0. The first kappa shape index (κ1) is 11.3. The average Bonchev–Trinajstić information content (AvgIpc) is 2.55. The maximum atomic E-state index is 5.30. The SMILES string of the molecule is COC1=C(OC)c2ccccc2C1.[Ti].